The van der Waals surface area contributed by atoms with Crippen molar-refractivity contribution in [3.05, 3.63) is 191 Å². The molecule has 0 aliphatic rings. The zero-order valence-corrected chi connectivity index (χ0v) is 29.9. The SMILES string of the molecule is O=S(=O)(O)c1cc(N(Cc2ccccc2)Cc2ccccc2)ccc1/C=C/c1ccc(N(Cc2ccccc2)Cc2ccccc2)cc1S(=O)(=O)O. The molecule has 2 N–H and O–H groups in total. The molecule has 0 spiro atoms. The molecule has 52 heavy (non-hydrogen) atoms. The summed E-state index contributed by atoms with van der Waals surface area (Å²) in [6.07, 6.45) is 2.84. The van der Waals surface area contributed by atoms with E-state index in [1.807, 2.05) is 131 Å². The van der Waals surface area contributed by atoms with Gasteiger partial charge in [0.1, 0.15) is 9.79 Å². The summed E-state index contributed by atoms with van der Waals surface area (Å²) in [6.45, 7) is 1.91. The van der Waals surface area contributed by atoms with Gasteiger partial charge in [-0.15, -0.1) is 0 Å². The molecule has 0 bridgehead atoms. The van der Waals surface area contributed by atoms with Crippen molar-refractivity contribution in [1.29, 1.82) is 0 Å². The molecule has 0 amide bonds. The Morgan fingerprint density at radius 3 is 0.923 bits per heavy atom. The average molecular weight is 731 g/mol. The van der Waals surface area contributed by atoms with Gasteiger partial charge in [0.25, 0.3) is 20.2 Å². The molecule has 264 valence electrons. The van der Waals surface area contributed by atoms with Gasteiger partial charge in [-0.05, 0) is 57.6 Å². The fraction of sp³-hybridized carbons (Fsp3) is 0.0952. The fourth-order valence-corrected chi connectivity index (χ4v) is 7.44. The largest absolute Gasteiger partial charge is 0.363 e. The van der Waals surface area contributed by atoms with Crippen LogP contribution in [-0.2, 0) is 46.4 Å². The molecular weight excluding hydrogens is 693 g/mol. The Bertz CT molecular complexity index is 2100. The van der Waals surface area contributed by atoms with E-state index >= 15 is 0 Å². The van der Waals surface area contributed by atoms with E-state index in [1.54, 1.807) is 24.3 Å². The van der Waals surface area contributed by atoms with Crippen LogP contribution in [0.5, 0.6) is 0 Å². The maximum Gasteiger partial charge on any atom is 0.295 e. The molecule has 0 saturated heterocycles. The summed E-state index contributed by atoms with van der Waals surface area (Å²) in [7, 11) is -9.42. The van der Waals surface area contributed by atoms with Crippen LogP contribution >= 0.6 is 0 Å². The number of benzene rings is 6. The fourth-order valence-electron chi connectivity index (χ4n) is 6.03. The highest BCUT2D eigenvalue weighted by Gasteiger charge is 2.21. The summed E-state index contributed by atoms with van der Waals surface area (Å²) in [5.74, 6) is 0. The van der Waals surface area contributed by atoms with Gasteiger partial charge in [0.05, 0.1) is 0 Å². The second kappa shape index (κ2) is 16.2. The molecule has 0 unspecified atom stereocenters. The van der Waals surface area contributed by atoms with Gasteiger partial charge < -0.3 is 9.80 Å². The summed E-state index contributed by atoms with van der Waals surface area (Å²) in [4.78, 5) is 3.35. The normalized spacial score (nSPS) is 11.8. The predicted molar refractivity (Wildman–Crippen MR) is 207 cm³/mol. The molecule has 0 fully saturated rings. The molecule has 0 aromatic heterocycles. The molecular formula is C42H38N2O6S2. The summed E-state index contributed by atoms with van der Waals surface area (Å²) in [5.41, 5.74) is 5.49. The van der Waals surface area contributed by atoms with E-state index in [4.69, 9.17) is 0 Å². The van der Waals surface area contributed by atoms with Crippen molar-refractivity contribution >= 4 is 43.8 Å². The lowest BCUT2D eigenvalue weighted by molar-refractivity contribution is 0.480. The number of anilines is 2. The number of rotatable bonds is 14. The van der Waals surface area contributed by atoms with Gasteiger partial charge in [-0.3, -0.25) is 9.11 Å². The first-order valence-corrected chi connectivity index (χ1v) is 19.5. The van der Waals surface area contributed by atoms with Crippen LogP contribution in [0.25, 0.3) is 12.2 Å². The molecule has 10 heteroatoms. The topological polar surface area (TPSA) is 115 Å². The summed E-state index contributed by atoms with van der Waals surface area (Å²) < 4.78 is 71.8. The number of hydrogen-bond acceptors (Lipinski definition) is 6. The monoisotopic (exact) mass is 730 g/mol. The Morgan fingerprint density at radius 2 is 0.673 bits per heavy atom. The minimum absolute atomic E-state index is 0.144. The Morgan fingerprint density at radius 1 is 0.404 bits per heavy atom. The molecule has 0 saturated carbocycles. The molecule has 0 aliphatic heterocycles. The van der Waals surface area contributed by atoms with Gasteiger partial charge in [0.15, 0.2) is 0 Å². The Hall–Kier alpha value is -5.52. The van der Waals surface area contributed by atoms with E-state index in [-0.39, 0.29) is 20.9 Å². The maximum atomic E-state index is 12.8. The standard InChI is InChI=1S/C42H38N2O6S2/c45-51(46,47)41-27-39(43(29-33-13-5-1-6-14-33)30-34-15-7-2-8-16-34)25-23-37(41)21-22-38-24-26-40(28-42(38)52(48,49)50)44(31-35-17-9-3-10-18-35)32-36-19-11-4-12-20-36/h1-28H,29-32H2,(H,45,46,47)(H,48,49,50)/b22-21+. The van der Waals surface area contributed by atoms with Crippen molar-refractivity contribution in [3.8, 4) is 0 Å². The van der Waals surface area contributed by atoms with Crippen LogP contribution in [0, 0.1) is 0 Å². The lowest BCUT2D eigenvalue weighted by atomic mass is 10.1. The van der Waals surface area contributed by atoms with E-state index < -0.39 is 20.2 Å². The van der Waals surface area contributed by atoms with Gasteiger partial charge in [-0.25, -0.2) is 0 Å². The van der Waals surface area contributed by atoms with Crippen molar-refractivity contribution in [2.24, 2.45) is 0 Å². The summed E-state index contributed by atoms with van der Waals surface area (Å²) in [5, 5.41) is 0. The summed E-state index contributed by atoms with van der Waals surface area (Å²) in [6, 6.07) is 48.6. The lowest BCUT2D eigenvalue weighted by Gasteiger charge is -2.26. The Labute approximate surface area is 305 Å². The third kappa shape index (κ3) is 9.62. The van der Waals surface area contributed by atoms with Gasteiger partial charge in [-0.2, -0.15) is 16.8 Å². The first-order chi connectivity index (χ1) is 25.0. The zero-order valence-electron chi connectivity index (χ0n) is 28.2. The highest BCUT2D eigenvalue weighted by molar-refractivity contribution is 7.86. The zero-order chi connectivity index (χ0) is 36.6. The predicted octanol–water partition coefficient (Wildman–Crippen LogP) is 8.76. The smallest absolute Gasteiger partial charge is 0.295 e. The molecule has 6 aromatic carbocycles. The molecule has 8 nitrogen and oxygen atoms in total. The first kappa shape index (κ1) is 36.3. The quantitative estimate of drug-likeness (QED) is 0.0845. The molecule has 6 aromatic rings. The second-order valence-corrected chi connectivity index (χ2v) is 15.2. The van der Waals surface area contributed by atoms with E-state index in [1.165, 1.54) is 24.3 Å². The van der Waals surface area contributed by atoms with Crippen molar-refractivity contribution in [2.45, 2.75) is 36.0 Å². The van der Waals surface area contributed by atoms with Crippen LogP contribution < -0.4 is 9.80 Å². The minimum atomic E-state index is -4.71. The Balaban J connectivity index is 1.35. The van der Waals surface area contributed by atoms with Crippen LogP contribution in [0.4, 0.5) is 11.4 Å². The molecule has 0 atom stereocenters. The van der Waals surface area contributed by atoms with E-state index in [0.29, 0.717) is 37.6 Å². The van der Waals surface area contributed by atoms with Gasteiger partial charge in [0, 0.05) is 37.6 Å². The van der Waals surface area contributed by atoms with Gasteiger partial charge >= 0.3 is 0 Å². The van der Waals surface area contributed by atoms with Crippen molar-refractivity contribution in [2.75, 3.05) is 9.80 Å². The lowest BCUT2D eigenvalue weighted by Crippen LogP contribution is -2.22. The minimum Gasteiger partial charge on any atom is -0.363 e. The molecule has 0 heterocycles. The van der Waals surface area contributed by atoms with Crippen LogP contribution in [0.2, 0.25) is 0 Å². The number of hydrogen-bond donors (Lipinski definition) is 2. The molecule has 0 radical (unpaired) electrons. The first-order valence-electron chi connectivity index (χ1n) is 16.6. The van der Waals surface area contributed by atoms with Crippen molar-refractivity contribution in [3.63, 3.8) is 0 Å². The maximum absolute atomic E-state index is 12.8. The third-order valence-corrected chi connectivity index (χ3v) is 10.4. The van der Waals surface area contributed by atoms with Gasteiger partial charge in [0.2, 0.25) is 0 Å². The average Bonchev–Trinajstić information content (AvgIpc) is 3.14. The Kier molecular flexibility index (Phi) is 11.3. The van der Waals surface area contributed by atoms with Crippen LogP contribution in [0.1, 0.15) is 33.4 Å². The van der Waals surface area contributed by atoms with Gasteiger partial charge in [-0.1, -0.05) is 146 Å². The third-order valence-electron chi connectivity index (χ3n) is 8.59. The number of nitrogens with zero attached hydrogens (tertiary/aromatic N) is 2. The van der Waals surface area contributed by atoms with Crippen molar-refractivity contribution < 1.29 is 25.9 Å². The van der Waals surface area contributed by atoms with E-state index in [2.05, 4.69) is 0 Å². The van der Waals surface area contributed by atoms with Crippen LogP contribution in [0.3, 0.4) is 0 Å². The van der Waals surface area contributed by atoms with E-state index in [9.17, 15) is 25.9 Å². The van der Waals surface area contributed by atoms with Crippen molar-refractivity contribution in [1.82, 2.24) is 0 Å². The second-order valence-electron chi connectivity index (χ2n) is 12.4. The van der Waals surface area contributed by atoms with E-state index in [0.717, 1.165) is 22.3 Å². The highest BCUT2D eigenvalue weighted by atomic mass is 32.2. The highest BCUT2D eigenvalue weighted by Crippen LogP contribution is 2.31. The molecule has 0 aliphatic carbocycles. The van der Waals surface area contributed by atoms with Crippen LogP contribution in [-0.4, -0.2) is 25.9 Å². The molecule has 6 rings (SSSR count). The summed E-state index contributed by atoms with van der Waals surface area (Å²) >= 11 is 0. The van der Waals surface area contributed by atoms with Crippen LogP contribution in [0.15, 0.2) is 168 Å².